The third kappa shape index (κ3) is 4.24. The van der Waals surface area contributed by atoms with Crippen LogP contribution in [0.4, 0.5) is 0 Å². The Labute approximate surface area is 206 Å². The number of pyridine rings is 1. The number of ether oxygens (including phenoxy) is 1. The van der Waals surface area contributed by atoms with E-state index in [1.807, 2.05) is 35.4 Å². The van der Waals surface area contributed by atoms with Crippen molar-refractivity contribution in [1.29, 1.82) is 0 Å². The zero-order chi connectivity index (χ0) is 24.5. The number of rotatable bonds is 5. The van der Waals surface area contributed by atoms with Gasteiger partial charge in [0.25, 0.3) is 11.7 Å². The predicted molar refractivity (Wildman–Crippen MR) is 130 cm³/mol. The number of nitrogens with one attached hydrogen (secondary N) is 2. The van der Waals surface area contributed by atoms with Crippen LogP contribution in [0.25, 0.3) is 10.9 Å². The van der Waals surface area contributed by atoms with Gasteiger partial charge in [-0.1, -0.05) is 41.9 Å². The van der Waals surface area contributed by atoms with Gasteiger partial charge in [0.15, 0.2) is 5.15 Å². The first kappa shape index (κ1) is 22.9. The molecule has 5 rings (SSSR count). The number of hydrogen-bond acceptors (Lipinski definition) is 9. The molecule has 182 valence electrons. The highest BCUT2D eigenvalue weighted by atomic mass is 35.5. The van der Waals surface area contributed by atoms with E-state index in [2.05, 4.69) is 37.6 Å². The molecular weight excluding hydrogens is 472 g/mol. The summed E-state index contributed by atoms with van der Waals surface area (Å²) in [7, 11) is 3.38. The zero-order valence-corrected chi connectivity index (χ0v) is 20.1. The van der Waals surface area contributed by atoms with E-state index < -0.39 is 11.7 Å². The SMILES string of the molecule is COc1cnc(Cl)c2[nH]cc(C(=O)C(=O)N3CCN(C4=NNN(C)N4Cc4ccccc4)CC3)c12. The van der Waals surface area contributed by atoms with E-state index in [1.54, 1.807) is 4.90 Å². The number of fused-ring (bicyclic) bond motifs is 1. The third-order valence-corrected chi connectivity index (χ3v) is 6.49. The fourth-order valence-corrected chi connectivity index (χ4v) is 4.52. The molecule has 0 radical (unpaired) electrons. The maximum absolute atomic E-state index is 13.1. The summed E-state index contributed by atoms with van der Waals surface area (Å²) >= 11 is 6.15. The molecule has 2 aliphatic rings. The molecule has 0 saturated carbocycles. The van der Waals surface area contributed by atoms with Gasteiger partial charge < -0.3 is 19.5 Å². The summed E-state index contributed by atoms with van der Waals surface area (Å²) in [5.41, 5.74) is 4.81. The van der Waals surface area contributed by atoms with Crippen molar-refractivity contribution in [1.82, 2.24) is 35.4 Å². The third-order valence-electron chi connectivity index (χ3n) is 6.20. The zero-order valence-electron chi connectivity index (χ0n) is 19.4. The van der Waals surface area contributed by atoms with Crippen molar-refractivity contribution in [2.45, 2.75) is 6.54 Å². The highest BCUT2D eigenvalue weighted by Gasteiger charge is 2.33. The Morgan fingerprint density at radius 3 is 2.60 bits per heavy atom. The molecule has 1 aromatic carbocycles. The molecule has 11 nitrogen and oxygen atoms in total. The average Bonchev–Trinajstić information content (AvgIpc) is 3.49. The Morgan fingerprint density at radius 1 is 1.14 bits per heavy atom. The number of hydrazine groups is 2. The smallest absolute Gasteiger partial charge is 0.295 e. The van der Waals surface area contributed by atoms with Crippen LogP contribution in [0.3, 0.4) is 0 Å². The summed E-state index contributed by atoms with van der Waals surface area (Å²) in [5, 5.41) is 8.99. The molecule has 2 aliphatic heterocycles. The van der Waals surface area contributed by atoms with Crippen molar-refractivity contribution in [3.05, 3.63) is 59.0 Å². The molecule has 4 heterocycles. The number of amides is 1. The number of ketones is 1. The van der Waals surface area contributed by atoms with Gasteiger partial charge in [-0.25, -0.2) is 10.5 Å². The van der Waals surface area contributed by atoms with E-state index in [0.29, 0.717) is 49.4 Å². The molecule has 1 fully saturated rings. The standard InChI is InChI=1S/C23H25ClN8O3/c1-29-28-27-23(32(29)14-15-6-4-3-5-7-15)31-10-8-30(9-11-31)22(34)20(33)16-12-25-19-18(16)17(35-2)13-26-21(19)24/h3-7,12-13,25,28H,8-11,14H2,1-2H3. The van der Waals surface area contributed by atoms with Crippen LogP contribution < -0.4 is 10.3 Å². The van der Waals surface area contributed by atoms with Crippen LogP contribution in [0, 0.1) is 0 Å². The lowest BCUT2D eigenvalue weighted by molar-refractivity contribution is -0.127. The van der Waals surface area contributed by atoms with Crippen molar-refractivity contribution >= 4 is 40.2 Å². The second kappa shape index (κ2) is 9.43. The summed E-state index contributed by atoms with van der Waals surface area (Å²) in [6, 6.07) is 10.1. The van der Waals surface area contributed by atoms with Crippen LogP contribution >= 0.6 is 11.6 Å². The summed E-state index contributed by atoms with van der Waals surface area (Å²) < 4.78 is 5.34. The Morgan fingerprint density at radius 2 is 1.89 bits per heavy atom. The number of piperazine rings is 1. The lowest BCUT2D eigenvalue weighted by Crippen LogP contribution is -2.56. The number of aromatic amines is 1. The van der Waals surface area contributed by atoms with Crippen LogP contribution in [-0.2, 0) is 11.3 Å². The largest absolute Gasteiger partial charge is 0.494 e. The molecule has 2 N–H and O–H groups in total. The van der Waals surface area contributed by atoms with Crippen molar-refractivity contribution in [2.75, 3.05) is 40.3 Å². The highest BCUT2D eigenvalue weighted by Crippen LogP contribution is 2.32. The Bertz CT molecular complexity index is 1290. The lowest BCUT2D eigenvalue weighted by atomic mass is 10.1. The van der Waals surface area contributed by atoms with Gasteiger partial charge in [0, 0.05) is 39.4 Å². The van der Waals surface area contributed by atoms with Crippen molar-refractivity contribution < 1.29 is 14.3 Å². The molecule has 0 bridgehead atoms. The minimum absolute atomic E-state index is 0.205. The van der Waals surface area contributed by atoms with Crippen LogP contribution in [0.15, 0.2) is 47.8 Å². The van der Waals surface area contributed by atoms with E-state index in [4.69, 9.17) is 16.3 Å². The maximum Gasteiger partial charge on any atom is 0.295 e. The number of nitrogens with zero attached hydrogens (tertiary/aromatic N) is 6. The van der Waals surface area contributed by atoms with E-state index in [1.165, 1.54) is 19.5 Å². The van der Waals surface area contributed by atoms with E-state index >= 15 is 0 Å². The van der Waals surface area contributed by atoms with Crippen molar-refractivity contribution in [3.8, 4) is 5.75 Å². The van der Waals surface area contributed by atoms with E-state index in [-0.39, 0.29) is 10.7 Å². The first-order valence-electron chi connectivity index (χ1n) is 11.1. The maximum atomic E-state index is 13.1. The van der Waals surface area contributed by atoms with Gasteiger partial charge in [-0.2, -0.15) is 0 Å². The Kier molecular flexibility index (Phi) is 6.18. The second-order valence-electron chi connectivity index (χ2n) is 8.26. The number of hydrazone groups is 1. The second-order valence-corrected chi connectivity index (χ2v) is 8.61. The number of carbonyl (C=O) groups excluding carboxylic acids is 2. The highest BCUT2D eigenvalue weighted by molar-refractivity contribution is 6.45. The monoisotopic (exact) mass is 496 g/mol. The predicted octanol–water partition coefficient (Wildman–Crippen LogP) is 1.69. The van der Waals surface area contributed by atoms with Crippen LogP contribution in [0.1, 0.15) is 15.9 Å². The number of Topliss-reactive ketones (excluding diaryl/α,β-unsaturated/α-hetero) is 1. The fourth-order valence-electron chi connectivity index (χ4n) is 4.32. The van der Waals surface area contributed by atoms with Crippen molar-refractivity contribution in [2.24, 2.45) is 5.10 Å². The fraction of sp³-hybridized carbons (Fsp3) is 0.304. The molecule has 0 spiro atoms. The first-order valence-corrected chi connectivity index (χ1v) is 11.5. The van der Waals surface area contributed by atoms with Gasteiger partial charge >= 0.3 is 0 Å². The normalized spacial score (nSPS) is 16.4. The molecule has 0 aliphatic carbocycles. The number of benzene rings is 1. The number of guanidine groups is 1. The summed E-state index contributed by atoms with van der Waals surface area (Å²) in [4.78, 5) is 36.9. The van der Waals surface area contributed by atoms with Crippen LogP contribution in [0.5, 0.6) is 5.75 Å². The van der Waals surface area contributed by atoms with Gasteiger partial charge in [-0.3, -0.25) is 14.6 Å². The van der Waals surface area contributed by atoms with Crippen molar-refractivity contribution in [3.63, 3.8) is 0 Å². The molecule has 12 heteroatoms. The minimum Gasteiger partial charge on any atom is -0.494 e. The summed E-state index contributed by atoms with van der Waals surface area (Å²) in [6.45, 7) is 2.54. The molecule has 2 aromatic heterocycles. The van der Waals surface area contributed by atoms with Gasteiger partial charge in [0.1, 0.15) is 5.75 Å². The quantitative estimate of drug-likeness (QED) is 0.312. The topological polar surface area (TPSA) is 109 Å². The number of methoxy groups -OCH3 is 1. The number of hydrogen-bond donors (Lipinski definition) is 2. The van der Waals surface area contributed by atoms with Gasteiger partial charge in [0.05, 0.1) is 36.3 Å². The number of halogens is 1. The molecular formula is C23H25ClN8O3. The van der Waals surface area contributed by atoms with Crippen LogP contribution in [-0.4, -0.2) is 87.9 Å². The summed E-state index contributed by atoms with van der Waals surface area (Å²) in [5.74, 6) is -0.0277. The number of aromatic nitrogens is 2. The Hall–Kier alpha value is -3.83. The number of H-pyrrole nitrogens is 1. The molecule has 0 unspecified atom stereocenters. The van der Waals surface area contributed by atoms with Crippen LogP contribution in [0.2, 0.25) is 5.15 Å². The minimum atomic E-state index is -0.615. The first-order chi connectivity index (χ1) is 17.0. The molecule has 1 amide bonds. The van der Waals surface area contributed by atoms with Gasteiger partial charge in [-0.15, -0.1) is 10.2 Å². The molecule has 3 aromatic rings. The Balaban J connectivity index is 1.27. The molecule has 35 heavy (non-hydrogen) atoms. The number of carbonyl (C=O) groups is 2. The molecule has 0 atom stereocenters. The molecule has 1 saturated heterocycles. The van der Waals surface area contributed by atoms with E-state index in [9.17, 15) is 9.59 Å². The van der Waals surface area contributed by atoms with Gasteiger partial charge in [-0.05, 0) is 5.56 Å². The lowest BCUT2D eigenvalue weighted by Gasteiger charge is -2.38. The van der Waals surface area contributed by atoms with E-state index in [0.717, 1.165) is 11.5 Å². The van der Waals surface area contributed by atoms with Gasteiger partial charge in [0.2, 0.25) is 5.96 Å². The average molecular weight is 497 g/mol. The summed E-state index contributed by atoms with van der Waals surface area (Å²) in [6.07, 6.45) is 2.92.